The van der Waals surface area contributed by atoms with Gasteiger partial charge in [-0.25, -0.2) is 4.31 Å². The van der Waals surface area contributed by atoms with Gasteiger partial charge in [-0.2, -0.15) is 0 Å². The van der Waals surface area contributed by atoms with Crippen molar-refractivity contribution in [3.8, 4) is 16.9 Å². The van der Waals surface area contributed by atoms with E-state index in [1.54, 1.807) is 0 Å². The second-order valence-corrected chi connectivity index (χ2v) is 12.1. The smallest absolute Gasteiger partial charge is 0.292 e. The molecule has 2 aliphatic rings. The molecule has 3 aromatic carbocycles. The van der Waals surface area contributed by atoms with E-state index in [4.69, 9.17) is 21.1 Å². The Morgan fingerprint density at radius 1 is 0.875 bits per heavy atom. The number of carbonyl (C=O) groups excluding carboxylic acids is 1. The third kappa shape index (κ3) is 9.27. The zero-order chi connectivity index (χ0) is 28.2. The van der Waals surface area contributed by atoms with Crippen LogP contribution in [0.2, 0.25) is 5.02 Å². The third-order valence-electron chi connectivity index (χ3n) is 7.76. The lowest BCUT2D eigenvalue weighted by molar-refractivity contribution is -0.126. The molecule has 5 nitrogen and oxygen atoms in total. The quantitative estimate of drug-likeness (QED) is 0.188. The summed E-state index contributed by atoms with van der Waals surface area (Å²) in [5, 5.41) is 0.775. The van der Waals surface area contributed by atoms with Crippen molar-refractivity contribution >= 4 is 30.0 Å². The van der Waals surface area contributed by atoms with E-state index in [-0.39, 0.29) is 0 Å². The zero-order valence-corrected chi connectivity index (χ0v) is 25.2. The van der Waals surface area contributed by atoms with Gasteiger partial charge in [0.15, 0.2) is 0 Å². The minimum Gasteiger partial charge on any atom is -0.493 e. The average molecular weight is 581 g/mol. The van der Waals surface area contributed by atoms with Crippen molar-refractivity contribution in [3.63, 3.8) is 0 Å². The van der Waals surface area contributed by atoms with E-state index in [2.05, 4.69) is 81.5 Å². The van der Waals surface area contributed by atoms with Crippen molar-refractivity contribution in [2.45, 2.75) is 50.0 Å². The topological polar surface area (TPSA) is 42.0 Å². The molecule has 1 aliphatic heterocycles. The highest BCUT2D eigenvalue weighted by atomic mass is 35.5. The normalized spacial score (nSPS) is 17.4. The molecular weight excluding hydrogens is 540 g/mol. The third-order valence-corrected chi connectivity index (χ3v) is 9.11. The summed E-state index contributed by atoms with van der Waals surface area (Å²) < 4.78 is 12.4. The van der Waals surface area contributed by atoms with Crippen LogP contribution in [0.1, 0.15) is 50.6 Å². The fourth-order valence-electron chi connectivity index (χ4n) is 5.30. The van der Waals surface area contributed by atoms with Crippen molar-refractivity contribution in [3.05, 3.63) is 83.4 Å². The average Bonchev–Trinajstić information content (AvgIpc) is 3.02. The Bertz CT molecular complexity index is 1140. The van der Waals surface area contributed by atoms with Crippen molar-refractivity contribution in [1.82, 2.24) is 9.21 Å². The highest BCUT2D eigenvalue weighted by molar-refractivity contribution is 7.97. The Morgan fingerprint density at radius 2 is 1.45 bits per heavy atom. The van der Waals surface area contributed by atoms with Crippen LogP contribution >= 0.6 is 23.5 Å². The van der Waals surface area contributed by atoms with Crippen LogP contribution in [0.25, 0.3) is 11.1 Å². The Labute approximate surface area is 248 Å². The first-order valence-electron chi connectivity index (χ1n) is 14.3. The van der Waals surface area contributed by atoms with Crippen molar-refractivity contribution in [1.29, 1.82) is 0 Å². The molecule has 40 heavy (non-hydrogen) atoms. The van der Waals surface area contributed by atoms with Gasteiger partial charge in [-0.1, -0.05) is 67.3 Å². The van der Waals surface area contributed by atoms with Gasteiger partial charge in [0, 0.05) is 42.1 Å². The molecule has 0 amide bonds. The van der Waals surface area contributed by atoms with Crippen LogP contribution in [0, 0.1) is 5.92 Å². The summed E-state index contributed by atoms with van der Waals surface area (Å²) in [5.74, 6) is 1.75. The van der Waals surface area contributed by atoms with Crippen LogP contribution in [0.15, 0.2) is 77.7 Å². The number of hydrogen-bond acceptors (Lipinski definition) is 6. The van der Waals surface area contributed by atoms with E-state index in [1.165, 1.54) is 60.8 Å². The molecule has 1 heterocycles. The number of hydrogen-bond donors (Lipinski definition) is 0. The molecule has 0 bridgehead atoms. The molecule has 1 aliphatic carbocycles. The molecule has 0 spiro atoms. The molecule has 1 saturated carbocycles. The molecule has 5 rings (SSSR count). The summed E-state index contributed by atoms with van der Waals surface area (Å²) in [6.07, 6.45) is 6.78. The molecule has 0 radical (unpaired) electrons. The first-order chi connectivity index (χ1) is 19.6. The second kappa shape index (κ2) is 16.1. The van der Waals surface area contributed by atoms with E-state index in [0.717, 1.165) is 49.5 Å². The number of nitrogens with zero attached hydrogens (tertiary/aromatic N) is 2. The zero-order valence-electron chi connectivity index (χ0n) is 23.6. The summed E-state index contributed by atoms with van der Waals surface area (Å²) in [6.45, 7) is 7.86. The number of halogens is 1. The minimum atomic E-state index is 0.375. The lowest BCUT2D eigenvalue weighted by Gasteiger charge is -2.37. The van der Waals surface area contributed by atoms with Gasteiger partial charge in [0.25, 0.3) is 6.47 Å². The van der Waals surface area contributed by atoms with Gasteiger partial charge in [0.1, 0.15) is 5.75 Å². The highest BCUT2D eigenvalue weighted by Crippen LogP contribution is 2.30. The van der Waals surface area contributed by atoms with Crippen LogP contribution in [-0.2, 0) is 9.53 Å². The van der Waals surface area contributed by atoms with Gasteiger partial charge in [-0.3, -0.25) is 9.69 Å². The molecular formula is C33H41ClN2O3S. The molecule has 2 fully saturated rings. The Morgan fingerprint density at radius 3 is 2.02 bits per heavy atom. The van der Waals surface area contributed by atoms with Gasteiger partial charge in [0.05, 0.1) is 13.7 Å². The summed E-state index contributed by atoms with van der Waals surface area (Å²) in [6, 6.07) is 26.2. The molecule has 0 aromatic heterocycles. The Balaban J connectivity index is 0.000000867. The Kier molecular flexibility index (Phi) is 12.2. The SMILES string of the molecule is CC(c1ccc(-c2ccc(Cl)cc2)cc1)N1CCN(Sc2ccc(OCC3CCCCC3)cc2)CC1.COC=O. The summed E-state index contributed by atoms with van der Waals surface area (Å²) >= 11 is 7.91. The van der Waals surface area contributed by atoms with Crippen LogP contribution in [0.3, 0.4) is 0 Å². The largest absolute Gasteiger partial charge is 0.493 e. The highest BCUT2D eigenvalue weighted by Gasteiger charge is 2.23. The van der Waals surface area contributed by atoms with E-state index < -0.39 is 0 Å². The molecule has 0 N–H and O–H groups in total. The van der Waals surface area contributed by atoms with E-state index >= 15 is 0 Å². The summed E-state index contributed by atoms with van der Waals surface area (Å²) in [7, 11) is 1.31. The van der Waals surface area contributed by atoms with E-state index in [1.807, 2.05) is 24.1 Å². The molecule has 1 atom stereocenters. The first-order valence-corrected chi connectivity index (χ1v) is 15.4. The minimum absolute atomic E-state index is 0.375. The van der Waals surface area contributed by atoms with Crippen LogP contribution < -0.4 is 4.74 Å². The number of rotatable bonds is 9. The van der Waals surface area contributed by atoms with Crippen molar-refractivity contribution in [2.75, 3.05) is 39.9 Å². The second-order valence-electron chi connectivity index (χ2n) is 10.5. The molecule has 214 valence electrons. The maximum Gasteiger partial charge on any atom is 0.292 e. The number of benzene rings is 3. The van der Waals surface area contributed by atoms with Gasteiger partial charge < -0.3 is 9.47 Å². The van der Waals surface area contributed by atoms with Gasteiger partial charge >= 0.3 is 0 Å². The van der Waals surface area contributed by atoms with Crippen molar-refractivity contribution in [2.24, 2.45) is 5.92 Å². The maximum absolute atomic E-state index is 8.95. The fraction of sp³-hybridized carbons (Fsp3) is 0.424. The Hall–Kier alpha value is -2.51. The van der Waals surface area contributed by atoms with Gasteiger partial charge in [-0.05, 0) is 90.7 Å². The van der Waals surface area contributed by atoms with Crippen LogP contribution in [0.4, 0.5) is 0 Å². The van der Waals surface area contributed by atoms with Gasteiger partial charge in [0.2, 0.25) is 0 Å². The van der Waals surface area contributed by atoms with E-state index in [0.29, 0.717) is 12.5 Å². The standard InChI is InChI=1S/C31H37ClN2OS.C2H4O2/c1-24(26-7-9-27(10-8-26)28-11-13-29(32)14-12-28)33-19-21-34(22-20-33)36-31-17-15-30(16-18-31)35-23-25-5-3-2-4-6-25;1-4-2-3/h7-18,24-25H,2-6,19-23H2,1H3;2H,1H3. The summed E-state index contributed by atoms with van der Waals surface area (Å²) in [5.41, 5.74) is 3.81. The van der Waals surface area contributed by atoms with Gasteiger partial charge in [-0.15, -0.1) is 0 Å². The number of carbonyl (C=O) groups is 1. The molecule has 1 unspecified atom stereocenters. The van der Waals surface area contributed by atoms with Crippen LogP contribution in [0.5, 0.6) is 5.75 Å². The molecule has 7 heteroatoms. The fourth-order valence-corrected chi connectivity index (χ4v) is 6.33. The lowest BCUT2D eigenvalue weighted by atomic mass is 9.90. The number of methoxy groups -OCH3 is 1. The lowest BCUT2D eigenvalue weighted by Crippen LogP contribution is -2.44. The molecule has 3 aromatic rings. The first kappa shape index (κ1) is 30.4. The maximum atomic E-state index is 8.95. The van der Waals surface area contributed by atoms with Crippen molar-refractivity contribution < 1.29 is 14.3 Å². The number of ether oxygens (including phenoxy) is 2. The predicted octanol–water partition coefficient (Wildman–Crippen LogP) is 8.14. The van der Waals surface area contributed by atoms with E-state index in [9.17, 15) is 0 Å². The predicted molar refractivity (Wildman–Crippen MR) is 166 cm³/mol. The summed E-state index contributed by atoms with van der Waals surface area (Å²) in [4.78, 5) is 12.8. The number of piperazine rings is 1. The van der Waals surface area contributed by atoms with Crippen LogP contribution in [-0.4, -0.2) is 55.6 Å². The monoisotopic (exact) mass is 580 g/mol. The molecule has 1 saturated heterocycles.